The van der Waals surface area contributed by atoms with E-state index >= 15 is 0 Å². The molecule has 3 atom stereocenters. The van der Waals surface area contributed by atoms with E-state index in [1.54, 1.807) is 19.1 Å². The van der Waals surface area contributed by atoms with Crippen LogP contribution in [0.5, 0.6) is 0 Å². The summed E-state index contributed by atoms with van der Waals surface area (Å²) in [5.74, 6) is -1.08. The van der Waals surface area contributed by atoms with Gasteiger partial charge in [0, 0.05) is 31.1 Å². The van der Waals surface area contributed by atoms with Crippen LogP contribution in [0.3, 0.4) is 0 Å². The zero-order valence-corrected chi connectivity index (χ0v) is 21.5. The van der Waals surface area contributed by atoms with Gasteiger partial charge in [-0.15, -0.1) is 0 Å². The third-order valence-corrected chi connectivity index (χ3v) is 6.11. The molecule has 1 aromatic carbocycles. The zero-order chi connectivity index (χ0) is 26.1. The van der Waals surface area contributed by atoms with Gasteiger partial charge in [-0.1, -0.05) is 19.9 Å². The lowest BCUT2D eigenvalue weighted by molar-refractivity contribution is -0.137. The van der Waals surface area contributed by atoms with Crippen molar-refractivity contribution in [3.8, 4) is 0 Å². The van der Waals surface area contributed by atoms with E-state index in [0.717, 1.165) is 11.1 Å². The summed E-state index contributed by atoms with van der Waals surface area (Å²) in [6, 6.07) is 3.64. The largest absolute Gasteiger partial charge is 0.391 e. The number of benzene rings is 1. The summed E-state index contributed by atoms with van der Waals surface area (Å²) in [6.45, 7) is 9.65. The van der Waals surface area contributed by atoms with Gasteiger partial charge in [-0.25, -0.2) is 0 Å². The predicted molar refractivity (Wildman–Crippen MR) is 134 cm³/mol. The first-order valence-electron chi connectivity index (χ1n) is 12.4. The van der Waals surface area contributed by atoms with E-state index in [-0.39, 0.29) is 24.9 Å². The number of aliphatic hydroxyl groups excluding tert-OH is 1. The number of hydrogen-bond acceptors (Lipinski definition) is 5. The molecule has 35 heavy (non-hydrogen) atoms. The van der Waals surface area contributed by atoms with Crippen molar-refractivity contribution in [2.24, 2.45) is 5.92 Å². The molecule has 4 amide bonds. The van der Waals surface area contributed by atoms with Crippen LogP contribution in [0.25, 0.3) is 0 Å². The van der Waals surface area contributed by atoms with E-state index in [2.05, 4.69) is 16.0 Å². The highest BCUT2D eigenvalue weighted by Gasteiger charge is 2.28. The minimum Gasteiger partial charge on any atom is -0.391 e. The quantitative estimate of drug-likeness (QED) is 0.508. The summed E-state index contributed by atoms with van der Waals surface area (Å²) in [5, 5.41) is 18.5. The highest BCUT2D eigenvalue weighted by atomic mass is 16.3. The normalized spacial score (nSPS) is 21.6. The molecule has 1 aromatic rings. The van der Waals surface area contributed by atoms with Crippen LogP contribution in [0.1, 0.15) is 68.4 Å². The summed E-state index contributed by atoms with van der Waals surface area (Å²) in [7, 11) is 0. The first-order valence-corrected chi connectivity index (χ1v) is 12.4. The van der Waals surface area contributed by atoms with Gasteiger partial charge in [-0.2, -0.15) is 0 Å². The van der Waals surface area contributed by atoms with E-state index in [1.807, 2.05) is 26.8 Å². The van der Waals surface area contributed by atoms with Gasteiger partial charge in [0.05, 0.1) is 12.6 Å². The van der Waals surface area contributed by atoms with E-state index < -0.39 is 30.0 Å². The fourth-order valence-electron chi connectivity index (χ4n) is 3.98. The van der Waals surface area contributed by atoms with Gasteiger partial charge in [-0.05, 0) is 69.2 Å². The monoisotopic (exact) mass is 488 g/mol. The van der Waals surface area contributed by atoms with Crippen LogP contribution >= 0.6 is 0 Å². The smallest absolute Gasteiger partial charge is 0.252 e. The van der Waals surface area contributed by atoms with Crippen LogP contribution in [-0.4, -0.2) is 71.5 Å². The second-order valence-electron chi connectivity index (χ2n) is 9.90. The number of aliphatic hydroxyl groups is 1. The summed E-state index contributed by atoms with van der Waals surface area (Å²) in [5.41, 5.74) is 2.38. The number of carbonyl (C=O) groups is 4. The molecular formula is C26H40N4O5. The van der Waals surface area contributed by atoms with E-state index in [9.17, 15) is 24.3 Å². The fraction of sp³-hybridized carbons (Fsp3) is 0.615. The molecule has 0 spiro atoms. The standard InChI is InChI=1S/C26H40N4O5/c1-16(2)8-11-23(33)30-14-18(4)28-26(35)24(19(5)31)29-25(34)21-10-9-17(3)20(13-21)7-6-12-27-22(32)15-30/h9-10,13,16,18-19,24,31H,6-8,11-12,14-15H2,1-5H3,(H,27,32)(H,28,35)(H,29,34)/t18-,19-,24+/m1/s1. The molecule has 2 rings (SSSR count). The average Bonchev–Trinajstić information content (AvgIpc) is 2.78. The fourth-order valence-corrected chi connectivity index (χ4v) is 3.98. The Morgan fingerprint density at radius 3 is 2.54 bits per heavy atom. The lowest BCUT2D eigenvalue weighted by Gasteiger charge is -2.28. The predicted octanol–water partition coefficient (Wildman–Crippen LogP) is 1.31. The molecule has 1 heterocycles. The SMILES string of the molecule is Cc1ccc2cc1CCCNC(=O)CN(C(=O)CCC(C)C)C[C@@H](C)NC(=O)[C@H]([C@@H](C)O)NC2=O. The van der Waals surface area contributed by atoms with E-state index in [1.165, 1.54) is 11.8 Å². The minimum absolute atomic E-state index is 0.0950. The maximum absolute atomic E-state index is 12.9. The molecule has 0 radical (unpaired) electrons. The number of nitrogens with one attached hydrogen (secondary N) is 3. The summed E-state index contributed by atoms with van der Waals surface area (Å²) >= 11 is 0. The number of rotatable bonds is 4. The van der Waals surface area contributed by atoms with Crippen molar-refractivity contribution in [1.29, 1.82) is 0 Å². The van der Waals surface area contributed by atoms with E-state index in [0.29, 0.717) is 43.7 Å². The van der Waals surface area contributed by atoms with Crippen LogP contribution < -0.4 is 16.0 Å². The number of nitrogens with zero attached hydrogens (tertiary/aromatic N) is 1. The first kappa shape index (κ1) is 28.3. The van der Waals surface area contributed by atoms with E-state index in [4.69, 9.17) is 0 Å². The summed E-state index contributed by atoms with van der Waals surface area (Å²) < 4.78 is 0. The van der Waals surface area contributed by atoms with Gasteiger partial charge in [0.1, 0.15) is 6.04 Å². The maximum atomic E-state index is 12.9. The van der Waals surface area contributed by atoms with Crippen molar-refractivity contribution < 1.29 is 24.3 Å². The lowest BCUT2D eigenvalue weighted by Crippen LogP contribution is -2.56. The minimum atomic E-state index is -1.17. The third-order valence-electron chi connectivity index (χ3n) is 6.11. The highest BCUT2D eigenvalue weighted by molar-refractivity contribution is 5.98. The summed E-state index contributed by atoms with van der Waals surface area (Å²) in [6.07, 6.45) is 1.21. The van der Waals surface area contributed by atoms with Gasteiger partial charge >= 0.3 is 0 Å². The van der Waals surface area contributed by atoms with Gasteiger partial charge < -0.3 is 26.0 Å². The Hall–Kier alpha value is -2.94. The van der Waals surface area contributed by atoms with Crippen molar-refractivity contribution in [3.63, 3.8) is 0 Å². The van der Waals surface area contributed by atoms with Crippen LogP contribution in [0.15, 0.2) is 18.2 Å². The first-order chi connectivity index (χ1) is 16.5. The maximum Gasteiger partial charge on any atom is 0.252 e. The number of fused-ring (bicyclic) bond motifs is 2. The topological polar surface area (TPSA) is 128 Å². The molecule has 0 saturated heterocycles. The molecule has 1 aliphatic heterocycles. The van der Waals surface area contributed by atoms with Gasteiger partial charge in [0.25, 0.3) is 5.91 Å². The second-order valence-corrected chi connectivity index (χ2v) is 9.90. The van der Waals surface area contributed by atoms with Crippen molar-refractivity contribution in [2.75, 3.05) is 19.6 Å². The summed E-state index contributed by atoms with van der Waals surface area (Å²) in [4.78, 5) is 52.7. The molecule has 2 bridgehead atoms. The molecule has 9 nitrogen and oxygen atoms in total. The van der Waals surface area contributed by atoms with Crippen molar-refractivity contribution in [2.45, 2.75) is 78.5 Å². The van der Waals surface area contributed by atoms with Crippen molar-refractivity contribution in [1.82, 2.24) is 20.9 Å². The molecule has 9 heteroatoms. The highest BCUT2D eigenvalue weighted by Crippen LogP contribution is 2.14. The Balaban J connectivity index is 2.29. The van der Waals surface area contributed by atoms with Crippen LogP contribution in [0.2, 0.25) is 0 Å². The number of hydrogen-bond donors (Lipinski definition) is 4. The average molecular weight is 489 g/mol. The molecular weight excluding hydrogens is 448 g/mol. The van der Waals surface area contributed by atoms with Crippen LogP contribution in [0, 0.1) is 12.8 Å². The Morgan fingerprint density at radius 1 is 1.17 bits per heavy atom. The van der Waals surface area contributed by atoms with Gasteiger partial charge in [0.15, 0.2) is 0 Å². The van der Waals surface area contributed by atoms with Gasteiger partial charge in [-0.3, -0.25) is 19.2 Å². The Kier molecular flexibility index (Phi) is 10.7. The molecule has 0 saturated carbocycles. The molecule has 4 N–H and O–H groups in total. The molecule has 0 unspecified atom stereocenters. The Bertz CT molecular complexity index is 915. The van der Waals surface area contributed by atoms with Crippen LogP contribution in [-0.2, 0) is 20.8 Å². The number of carbonyl (C=O) groups excluding carboxylic acids is 4. The third kappa shape index (κ3) is 8.98. The zero-order valence-electron chi connectivity index (χ0n) is 21.5. The van der Waals surface area contributed by atoms with Crippen LogP contribution in [0.4, 0.5) is 0 Å². The lowest BCUT2D eigenvalue weighted by atomic mass is 10.00. The van der Waals surface area contributed by atoms with Crippen molar-refractivity contribution in [3.05, 3.63) is 34.9 Å². The molecule has 0 aromatic heterocycles. The molecule has 0 aliphatic carbocycles. The second kappa shape index (κ2) is 13.2. The van der Waals surface area contributed by atoms with Gasteiger partial charge in [0.2, 0.25) is 17.7 Å². The Morgan fingerprint density at radius 2 is 1.89 bits per heavy atom. The molecule has 0 fully saturated rings. The Labute approximate surface area is 208 Å². The number of amides is 4. The number of aryl methyl sites for hydroxylation is 2. The molecule has 1 aliphatic rings. The molecule has 194 valence electrons. The van der Waals surface area contributed by atoms with Crippen molar-refractivity contribution >= 4 is 23.6 Å².